The van der Waals surface area contributed by atoms with E-state index in [1.165, 1.54) is 0 Å². The Bertz CT molecular complexity index is 554. The van der Waals surface area contributed by atoms with Crippen molar-refractivity contribution in [2.75, 3.05) is 17.6 Å². The molecule has 0 unspecified atom stereocenters. The molecule has 5 heteroatoms. The van der Waals surface area contributed by atoms with E-state index in [0.29, 0.717) is 12.1 Å². The number of hydrogen-bond acceptors (Lipinski definition) is 4. The highest BCUT2D eigenvalue weighted by atomic mass is 15.3. The second kappa shape index (κ2) is 6.45. The van der Waals surface area contributed by atoms with E-state index in [1.54, 1.807) is 6.20 Å². The monoisotopic (exact) mass is 255 g/mol. The highest BCUT2D eigenvalue weighted by Crippen LogP contribution is 2.18. The second-order valence-electron chi connectivity index (χ2n) is 4.30. The maximum atomic E-state index is 8.72. The third-order valence-electron chi connectivity index (χ3n) is 2.86. The van der Waals surface area contributed by atoms with Crippen LogP contribution >= 0.6 is 0 Å². The number of hydrogen-bond donors (Lipinski definition) is 2. The molecule has 0 radical (unpaired) electrons. The molecule has 0 amide bonds. The molecule has 0 aliphatic rings. The summed E-state index contributed by atoms with van der Waals surface area (Å²) in [6.45, 7) is 1.75. The van der Waals surface area contributed by atoms with E-state index < -0.39 is 0 Å². The van der Waals surface area contributed by atoms with Crippen LogP contribution in [0.3, 0.4) is 0 Å². The number of nitrogen functional groups attached to an aromatic ring is 1. The number of anilines is 2. The molecule has 0 atom stereocenters. The number of aromatic nitrogens is 2. The number of benzene rings is 1. The largest absolute Gasteiger partial charge is 0.398 e. The lowest BCUT2D eigenvalue weighted by Crippen LogP contribution is -2.07. The van der Waals surface area contributed by atoms with Crippen LogP contribution in [-0.2, 0) is 13.0 Å². The molecular weight excluding hydrogens is 238 g/mol. The van der Waals surface area contributed by atoms with Crippen molar-refractivity contribution >= 4 is 11.4 Å². The van der Waals surface area contributed by atoms with Crippen LogP contribution in [0.4, 0.5) is 11.4 Å². The smallest absolute Gasteiger partial charge is 0.0670 e. The van der Waals surface area contributed by atoms with E-state index in [1.807, 2.05) is 35.1 Å². The van der Waals surface area contributed by atoms with Crippen molar-refractivity contribution in [3.63, 3.8) is 0 Å². The van der Waals surface area contributed by atoms with E-state index in [2.05, 4.69) is 16.5 Å². The van der Waals surface area contributed by atoms with Gasteiger partial charge < -0.3 is 11.1 Å². The van der Waals surface area contributed by atoms with Crippen molar-refractivity contribution in [1.29, 1.82) is 5.26 Å². The molecule has 3 N–H and O–H groups in total. The summed E-state index contributed by atoms with van der Waals surface area (Å²) < 4.78 is 1.91. The molecule has 98 valence electrons. The van der Waals surface area contributed by atoms with Crippen LogP contribution in [0.15, 0.2) is 36.7 Å². The van der Waals surface area contributed by atoms with Gasteiger partial charge in [-0.2, -0.15) is 10.4 Å². The second-order valence-corrected chi connectivity index (χ2v) is 4.30. The van der Waals surface area contributed by atoms with Gasteiger partial charge in [0.15, 0.2) is 0 Å². The molecule has 19 heavy (non-hydrogen) atoms. The SMILES string of the molecule is N#CCc1cc(NCCCn2cccn2)ccc1N. The van der Waals surface area contributed by atoms with E-state index in [9.17, 15) is 0 Å². The molecule has 0 saturated heterocycles. The van der Waals surface area contributed by atoms with Crippen molar-refractivity contribution in [2.24, 2.45) is 0 Å². The maximum absolute atomic E-state index is 8.72. The number of nitrogens with one attached hydrogen (secondary N) is 1. The first-order chi connectivity index (χ1) is 9.29. The van der Waals surface area contributed by atoms with E-state index in [-0.39, 0.29) is 0 Å². The van der Waals surface area contributed by atoms with Gasteiger partial charge in [-0.3, -0.25) is 4.68 Å². The molecule has 0 aliphatic carbocycles. The summed E-state index contributed by atoms with van der Waals surface area (Å²) in [5.41, 5.74) is 8.35. The van der Waals surface area contributed by atoms with Crippen molar-refractivity contribution in [2.45, 2.75) is 19.4 Å². The van der Waals surface area contributed by atoms with E-state index >= 15 is 0 Å². The Balaban J connectivity index is 1.82. The molecule has 5 nitrogen and oxygen atoms in total. The standard InChI is InChI=1S/C14H17N5/c15-6-5-12-11-13(3-4-14(12)16)17-7-1-9-19-10-2-8-18-19/h2-4,8,10-11,17H,1,5,7,9,16H2. The lowest BCUT2D eigenvalue weighted by atomic mass is 10.1. The van der Waals surface area contributed by atoms with Gasteiger partial charge in [0.05, 0.1) is 12.5 Å². The molecule has 0 aliphatic heterocycles. The van der Waals surface area contributed by atoms with Gasteiger partial charge in [0.2, 0.25) is 0 Å². The van der Waals surface area contributed by atoms with Gasteiger partial charge in [-0.05, 0) is 36.2 Å². The number of rotatable bonds is 6. The molecule has 0 saturated carbocycles. The highest BCUT2D eigenvalue weighted by molar-refractivity contribution is 5.57. The topological polar surface area (TPSA) is 79.7 Å². The normalized spacial score (nSPS) is 10.1. The summed E-state index contributed by atoms with van der Waals surface area (Å²) in [6, 6.07) is 9.74. The molecule has 2 aromatic rings. The zero-order valence-corrected chi connectivity index (χ0v) is 10.7. The van der Waals surface area contributed by atoms with E-state index in [0.717, 1.165) is 30.8 Å². The molecular formula is C14H17N5. The predicted molar refractivity (Wildman–Crippen MR) is 75.5 cm³/mol. The molecule has 2 rings (SSSR count). The number of nitrogens with two attached hydrogens (primary N) is 1. The third kappa shape index (κ3) is 3.75. The van der Waals surface area contributed by atoms with Gasteiger partial charge in [0, 0.05) is 36.9 Å². The fourth-order valence-electron chi connectivity index (χ4n) is 1.86. The molecule has 0 bridgehead atoms. The van der Waals surface area contributed by atoms with Gasteiger partial charge in [-0.15, -0.1) is 0 Å². The number of aryl methyl sites for hydroxylation is 1. The van der Waals surface area contributed by atoms with Crippen molar-refractivity contribution in [3.05, 3.63) is 42.2 Å². The van der Waals surface area contributed by atoms with Gasteiger partial charge in [0.25, 0.3) is 0 Å². The molecule has 1 aromatic carbocycles. The minimum absolute atomic E-state index is 0.342. The Kier molecular flexibility index (Phi) is 4.40. The van der Waals surface area contributed by atoms with Gasteiger partial charge in [-0.1, -0.05) is 0 Å². The van der Waals surface area contributed by atoms with Gasteiger partial charge in [0.1, 0.15) is 0 Å². The summed E-state index contributed by atoms with van der Waals surface area (Å²) in [6.07, 6.45) is 5.06. The van der Waals surface area contributed by atoms with Crippen molar-refractivity contribution < 1.29 is 0 Å². The minimum atomic E-state index is 0.342. The Morgan fingerprint density at radius 3 is 3.05 bits per heavy atom. The predicted octanol–water partition coefficient (Wildman–Crippen LogP) is 2.03. The fraction of sp³-hybridized carbons (Fsp3) is 0.286. The summed E-state index contributed by atoms with van der Waals surface area (Å²) in [4.78, 5) is 0. The Morgan fingerprint density at radius 1 is 1.42 bits per heavy atom. The van der Waals surface area contributed by atoms with Crippen LogP contribution in [0.1, 0.15) is 12.0 Å². The average molecular weight is 255 g/mol. The number of nitrogens with zero attached hydrogens (tertiary/aromatic N) is 3. The third-order valence-corrected chi connectivity index (χ3v) is 2.86. The molecule has 0 fully saturated rings. The van der Waals surface area contributed by atoms with Gasteiger partial charge in [-0.25, -0.2) is 0 Å². The lowest BCUT2D eigenvalue weighted by Gasteiger charge is -2.09. The van der Waals surface area contributed by atoms with Crippen LogP contribution in [0.2, 0.25) is 0 Å². The zero-order chi connectivity index (χ0) is 13.5. The molecule has 0 spiro atoms. The lowest BCUT2D eigenvalue weighted by molar-refractivity contribution is 0.592. The quantitative estimate of drug-likeness (QED) is 0.611. The van der Waals surface area contributed by atoms with Crippen LogP contribution in [0.5, 0.6) is 0 Å². The van der Waals surface area contributed by atoms with Crippen molar-refractivity contribution in [1.82, 2.24) is 9.78 Å². The summed E-state index contributed by atoms with van der Waals surface area (Å²) in [7, 11) is 0. The first-order valence-electron chi connectivity index (χ1n) is 6.26. The zero-order valence-electron chi connectivity index (χ0n) is 10.7. The summed E-state index contributed by atoms with van der Waals surface area (Å²) in [5, 5.41) is 16.2. The van der Waals surface area contributed by atoms with Crippen LogP contribution in [0, 0.1) is 11.3 Å². The fourth-order valence-corrected chi connectivity index (χ4v) is 1.86. The average Bonchev–Trinajstić information content (AvgIpc) is 2.92. The van der Waals surface area contributed by atoms with Crippen LogP contribution < -0.4 is 11.1 Å². The first-order valence-corrected chi connectivity index (χ1v) is 6.26. The highest BCUT2D eigenvalue weighted by Gasteiger charge is 2.00. The van der Waals surface area contributed by atoms with E-state index in [4.69, 9.17) is 11.0 Å². The van der Waals surface area contributed by atoms with Crippen LogP contribution in [0.25, 0.3) is 0 Å². The Labute approximate surface area is 112 Å². The Morgan fingerprint density at radius 2 is 2.32 bits per heavy atom. The number of nitriles is 1. The first kappa shape index (κ1) is 13.0. The minimum Gasteiger partial charge on any atom is -0.398 e. The molecule has 1 heterocycles. The molecule has 1 aromatic heterocycles. The summed E-state index contributed by atoms with van der Waals surface area (Å²) in [5.74, 6) is 0. The van der Waals surface area contributed by atoms with Crippen molar-refractivity contribution in [3.8, 4) is 6.07 Å². The Hall–Kier alpha value is -2.48. The summed E-state index contributed by atoms with van der Waals surface area (Å²) >= 11 is 0. The maximum Gasteiger partial charge on any atom is 0.0670 e. The van der Waals surface area contributed by atoms with Gasteiger partial charge >= 0.3 is 0 Å². The van der Waals surface area contributed by atoms with Crippen LogP contribution in [-0.4, -0.2) is 16.3 Å².